The molecule has 1 amide bonds. The molecule has 1 aliphatic heterocycles. The van der Waals surface area contributed by atoms with E-state index >= 15 is 0 Å². The second kappa shape index (κ2) is 10.2. The molecule has 33 heavy (non-hydrogen) atoms. The molecule has 10 heteroatoms. The summed E-state index contributed by atoms with van der Waals surface area (Å²) < 4.78 is 20.0. The van der Waals surface area contributed by atoms with E-state index in [4.69, 9.17) is 16.3 Å². The summed E-state index contributed by atoms with van der Waals surface area (Å²) in [5, 5.41) is 10.0. The summed E-state index contributed by atoms with van der Waals surface area (Å²) in [5.41, 5.74) is 1.70. The molecule has 0 saturated carbocycles. The van der Waals surface area contributed by atoms with Crippen molar-refractivity contribution in [1.82, 2.24) is 20.2 Å². The van der Waals surface area contributed by atoms with Crippen LogP contribution in [0.5, 0.6) is 5.75 Å². The number of nitrogens with one attached hydrogen (secondary N) is 3. The fourth-order valence-electron chi connectivity index (χ4n) is 3.93. The van der Waals surface area contributed by atoms with Crippen molar-refractivity contribution in [3.8, 4) is 5.75 Å². The van der Waals surface area contributed by atoms with E-state index in [2.05, 4.69) is 30.8 Å². The predicted molar refractivity (Wildman–Crippen MR) is 128 cm³/mol. The number of aromatic nitrogens is 2. The van der Waals surface area contributed by atoms with Crippen LogP contribution in [0.15, 0.2) is 36.7 Å². The summed E-state index contributed by atoms with van der Waals surface area (Å²) in [6.07, 6.45) is 3.20. The van der Waals surface area contributed by atoms with E-state index in [0.29, 0.717) is 23.6 Å². The average molecular weight is 473 g/mol. The maximum Gasteiger partial charge on any atom is 0.233 e. The minimum Gasteiger partial charge on any atom is -0.495 e. The zero-order valence-corrected chi connectivity index (χ0v) is 19.2. The summed E-state index contributed by atoms with van der Waals surface area (Å²) in [6, 6.07) is 8.74. The Morgan fingerprint density at radius 2 is 2.03 bits per heavy atom. The number of carbonyl (C=O) groups is 1. The summed E-state index contributed by atoms with van der Waals surface area (Å²) in [7, 11) is 3.26. The highest BCUT2D eigenvalue weighted by Crippen LogP contribution is 2.35. The smallest absolute Gasteiger partial charge is 0.233 e. The Bertz CT molecular complexity index is 1150. The van der Waals surface area contributed by atoms with Gasteiger partial charge in [-0.15, -0.1) is 0 Å². The van der Waals surface area contributed by atoms with E-state index < -0.39 is 5.82 Å². The Labute approximate surface area is 196 Å². The van der Waals surface area contributed by atoms with Crippen LogP contribution in [0.4, 0.5) is 21.6 Å². The number of ether oxygens (including phenoxy) is 1. The van der Waals surface area contributed by atoms with Gasteiger partial charge < -0.3 is 20.7 Å². The van der Waals surface area contributed by atoms with Crippen LogP contribution in [0.2, 0.25) is 5.02 Å². The zero-order valence-electron chi connectivity index (χ0n) is 18.5. The Morgan fingerprint density at radius 3 is 2.76 bits per heavy atom. The number of likely N-dealkylation sites (N-methyl/N-ethyl adjacent to an activating group) is 1. The summed E-state index contributed by atoms with van der Waals surface area (Å²) in [6.45, 7) is 2.06. The Balaban J connectivity index is 1.57. The van der Waals surface area contributed by atoms with Gasteiger partial charge in [0.1, 0.15) is 17.9 Å². The fraction of sp³-hybridized carbons (Fsp3) is 0.348. The lowest BCUT2D eigenvalue weighted by atomic mass is 10.0. The number of rotatable bonds is 7. The monoisotopic (exact) mass is 472 g/mol. The van der Waals surface area contributed by atoms with E-state index in [1.165, 1.54) is 12.4 Å². The molecule has 0 atom stereocenters. The maximum absolute atomic E-state index is 14.4. The number of fused-ring (bicyclic) bond motifs is 1. The predicted octanol–water partition coefficient (Wildman–Crippen LogP) is 3.80. The van der Waals surface area contributed by atoms with Crippen LogP contribution in [0.1, 0.15) is 12.8 Å². The molecule has 4 rings (SSSR count). The van der Waals surface area contributed by atoms with Gasteiger partial charge in [-0.2, -0.15) is 0 Å². The molecule has 0 aliphatic carbocycles. The van der Waals surface area contributed by atoms with Gasteiger partial charge in [0.15, 0.2) is 5.82 Å². The third-order valence-corrected chi connectivity index (χ3v) is 6.05. The fourth-order valence-corrected chi connectivity index (χ4v) is 4.11. The highest BCUT2D eigenvalue weighted by atomic mass is 35.5. The first-order valence-corrected chi connectivity index (χ1v) is 11.1. The second-order valence-corrected chi connectivity index (χ2v) is 8.29. The van der Waals surface area contributed by atoms with E-state index in [0.717, 1.165) is 37.0 Å². The van der Waals surface area contributed by atoms with Gasteiger partial charge in [0, 0.05) is 37.6 Å². The van der Waals surface area contributed by atoms with Crippen molar-refractivity contribution in [1.29, 1.82) is 0 Å². The first-order valence-electron chi connectivity index (χ1n) is 10.7. The Morgan fingerprint density at radius 1 is 1.24 bits per heavy atom. The van der Waals surface area contributed by atoms with Crippen LogP contribution in [-0.4, -0.2) is 60.6 Å². The molecule has 8 nitrogen and oxygen atoms in total. The number of anilines is 3. The SMILES string of the molecule is CNC(=O)CN1CCC(Nc2cc3c(Nc4cccc(Cl)c4F)ncnc3cc2OC)CC1. The largest absolute Gasteiger partial charge is 0.495 e. The minimum absolute atomic E-state index is 0.0220. The summed E-state index contributed by atoms with van der Waals surface area (Å²) in [4.78, 5) is 22.4. The summed E-state index contributed by atoms with van der Waals surface area (Å²) >= 11 is 5.92. The first kappa shape index (κ1) is 23.0. The van der Waals surface area contributed by atoms with Crippen molar-refractivity contribution in [3.63, 3.8) is 0 Å². The molecule has 0 spiro atoms. The lowest BCUT2D eigenvalue weighted by Gasteiger charge is -2.32. The number of halogens is 2. The molecule has 174 valence electrons. The van der Waals surface area contributed by atoms with Crippen LogP contribution in [-0.2, 0) is 4.79 Å². The molecule has 0 bridgehead atoms. The zero-order chi connectivity index (χ0) is 23.4. The van der Waals surface area contributed by atoms with Crippen molar-refractivity contribution < 1.29 is 13.9 Å². The number of carbonyl (C=O) groups excluding carboxylic acids is 1. The lowest BCUT2D eigenvalue weighted by molar-refractivity contribution is -0.122. The van der Waals surface area contributed by atoms with Crippen molar-refractivity contribution in [2.24, 2.45) is 0 Å². The number of benzene rings is 2. The van der Waals surface area contributed by atoms with Gasteiger partial charge in [-0.25, -0.2) is 14.4 Å². The lowest BCUT2D eigenvalue weighted by Crippen LogP contribution is -2.43. The van der Waals surface area contributed by atoms with Gasteiger partial charge in [0.2, 0.25) is 5.91 Å². The van der Waals surface area contributed by atoms with Gasteiger partial charge >= 0.3 is 0 Å². The number of amides is 1. The molecule has 0 radical (unpaired) electrons. The minimum atomic E-state index is -0.540. The molecule has 1 aromatic heterocycles. The van der Waals surface area contributed by atoms with Crippen molar-refractivity contribution >= 4 is 45.6 Å². The van der Waals surface area contributed by atoms with Gasteiger partial charge in [-0.05, 0) is 31.0 Å². The van der Waals surface area contributed by atoms with Gasteiger partial charge in [0.05, 0.1) is 35.6 Å². The van der Waals surface area contributed by atoms with E-state index in [1.807, 2.05) is 12.1 Å². The van der Waals surface area contributed by atoms with E-state index in [1.54, 1.807) is 26.3 Å². The molecule has 2 aromatic carbocycles. The molecule has 3 N–H and O–H groups in total. The number of piperidine rings is 1. The van der Waals surface area contributed by atoms with E-state index in [9.17, 15) is 9.18 Å². The highest BCUT2D eigenvalue weighted by Gasteiger charge is 2.22. The Hall–Kier alpha value is -3.17. The number of nitrogens with zero attached hydrogens (tertiary/aromatic N) is 3. The molecule has 3 aromatic rings. The van der Waals surface area contributed by atoms with Crippen molar-refractivity contribution in [2.75, 3.05) is 44.4 Å². The van der Waals surface area contributed by atoms with Crippen LogP contribution < -0.4 is 20.7 Å². The van der Waals surface area contributed by atoms with Crippen LogP contribution in [0, 0.1) is 5.82 Å². The van der Waals surface area contributed by atoms with Crippen molar-refractivity contribution in [2.45, 2.75) is 18.9 Å². The topological polar surface area (TPSA) is 91.4 Å². The standard InChI is InChI=1S/C23H26ClFN6O2/c1-26-21(32)12-31-8-6-14(7-9-31)29-19-10-15-18(11-20(19)33-2)27-13-28-23(15)30-17-5-3-4-16(24)22(17)25/h3-5,10-11,13-14,29H,6-9,12H2,1-2H3,(H,26,32)(H,27,28,30). The van der Waals surface area contributed by atoms with Crippen LogP contribution in [0.25, 0.3) is 10.9 Å². The number of likely N-dealkylation sites (tertiary alicyclic amines) is 1. The quantitative estimate of drug-likeness (QED) is 0.481. The summed E-state index contributed by atoms with van der Waals surface area (Å²) in [5.74, 6) is 0.608. The average Bonchev–Trinajstić information content (AvgIpc) is 2.83. The van der Waals surface area contributed by atoms with Crippen LogP contribution >= 0.6 is 11.6 Å². The number of methoxy groups -OCH3 is 1. The normalized spacial score (nSPS) is 14.8. The maximum atomic E-state index is 14.4. The molecule has 2 heterocycles. The molecule has 0 unspecified atom stereocenters. The molecule has 1 saturated heterocycles. The number of hydrogen-bond donors (Lipinski definition) is 3. The molecule has 1 fully saturated rings. The molecular formula is C23H26ClFN6O2. The van der Waals surface area contributed by atoms with Gasteiger partial charge in [-0.3, -0.25) is 9.69 Å². The second-order valence-electron chi connectivity index (χ2n) is 7.89. The molecule has 1 aliphatic rings. The van der Waals surface area contributed by atoms with Crippen LogP contribution in [0.3, 0.4) is 0 Å². The van der Waals surface area contributed by atoms with Crippen molar-refractivity contribution in [3.05, 3.63) is 47.5 Å². The van der Waals surface area contributed by atoms with Gasteiger partial charge in [0.25, 0.3) is 0 Å². The Kier molecular flexibility index (Phi) is 7.10. The third kappa shape index (κ3) is 5.26. The van der Waals surface area contributed by atoms with Gasteiger partial charge in [-0.1, -0.05) is 17.7 Å². The number of hydrogen-bond acceptors (Lipinski definition) is 7. The molecular weight excluding hydrogens is 447 g/mol. The highest BCUT2D eigenvalue weighted by molar-refractivity contribution is 6.31. The van der Waals surface area contributed by atoms with E-state index in [-0.39, 0.29) is 22.7 Å². The first-order chi connectivity index (χ1) is 16.0. The third-order valence-electron chi connectivity index (χ3n) is 5.75.